The van der Waals surface area contributed by atoms with Crippen LogP contribution >= 0.6 is 0 Å². The second-order valence-electron chi connectivity index (χ2n) is 4.15. The van der Waals surface area contributed by atoms with Gasteiger partial charge in [-0.2, -0.15) is 5.10 Å². The molecule has 98 valence electrons. The van der Waals surface area contributed by atoms with Crippen LogP contribution in [-0.4, -0.2) is 21.5 Å². The number of benzene rings is 1. The van der Waals surface area contributed by atoms with E-state index in [-0.39, 0.29) is 11.7 Å². The van der Waals surface area contributed by atoms with Gasteiger partial charge in [-0.25, -0.2) is 0 Å². The summed E-state index contributed by atoms with van der Waals surface area (Å²) < 4.78 is 1.42. The molecule has 0 fully saturated rings. The van der Waals surface area contributed by atoms with E-state index >= 15 is 0 Å². The summed E-state index contributed by atoms with van der Waals surface area (Å²) >= 11 is 0. The van der Waals surface area contributed by atoms with E-state index in [0.717, 1.165) is 0 Å². The average molecular weight is 258 g/mol. The molecule has 1 aromatic heterocycles. The Balaban J connectivity index is 2.15. The van der Waals surface area contributed by atoms with Crippen molar-refractivity contribution in [2.75, 3.05) is 11.1 Å². The van der Waals surface area contributed by atoms with Crippen LogP contribution in [0.15, 0.2) is 30.5 Å². The van der Waals surface area contributed by atoms with Crippen molar-refractivity contribution in [3.8, 4) is 0 Å². The van der Waals surface area contributed by atoms with Crippen LogP contribution in [-0.2, 0) is 7.05 Å². The maximum atomic E-state index is 12.0. The second-order valence-corrected chi connectivity index (χ2v) is 4.15. The van der Waals surface area contributed by atoms with Crippen LogP contribution in [0.5, 0.6) is 0 Å². The fourth-order valence-corrected chi connectivity index (χ4v) is 1.61. The number of aromatic nitrogens is 2. The predicted octanol–water partition coefficient (Wildman–Crippen LogP) is 1.46. The van der Waals surface area contributed by atoms with Gasteiger partial charge < -0.3 is 11.1 Å². The lowest BCUT2D eigenvalue weighted by Crippen LogP contribution is -2.13. The van der Waals surface area contributed by atoms with Crippen molar-refractivity contribution in [2.24, 2.45) is 7.05 Å². The minimum Gasteiger partial charge on any atom is -0.383 e. The third kappa shape index (κ3) is 2.62. The van der Waals surface area contributed by atoms with E-state index in [2.05, 4.69) is 10.4 Å². The minimum absolute atomic E-state index is 0.0191. The van der Waals surface area contributed by atoms with E-state index in [1.54, 1.807) is 31.3 Å². The van der Waals surface area contributed by atoms with E-state index in [9.17, 15) is 9.59 Å². The molecule has 2 aromatic rings. The maximum absolute atomic E-state index is 12.0. The molecule has 1 heterocycles. The molecule has 1 aromatic carbocycles. The van der Waals surface area contributed by atoms with Crippen molar-refractivity contribution in [3.05, 3.63) is 41.6 Å². The van der Waals surface area contributed by atoms with Crippen LogP contribution < -0.4 is 11.1 Å². The molecule has 0 unspecified atom stereocenters. The third-order valence-corrected chi connectivity index (χ3v) is 2.78. The van der Waals surface area contributed by atoms with Crippen LogP contribution in [0.25, 0.3) is 0 Å². The number of nitrogen functional groups attached to an aromatic ring is 1. The van der Waals surface area contributed by atoms with Gasteiger partial charge in [0, 0.05) is 18.3 Å². The number of carbonyl (C=O) groups is 2. The van der Waals surface area contributed by atoms with E-state index in [0.29, 0.717) is 22.6 Å². The average Bonchev–Trinajstić information content (AvgIpc) is 2.70. The summed E-state index contributed by atoms with van der Waals surface area (Å²) in [5, 5.41) is 6.60. The molecule has 1 amide bonds. The van der Waals surface area contributed by atoms with Gasteiger partial charge in [0.25, 0.3) is 5.91 Å². The Labute approximate surface area is 110 Å². The van der Waals surface area contributed by atoms with Gasteiger partial charge >= 0.3 is 0 Å². The number of hydrogen-bond donors (Lipinski definition) is 2. The number of amides is 1. The zero-order valence-electron chi connectivity index (χ0n) is 10.7. The Hall–Kier alpha value is -2.63. The monoisotopic (exact) mass is 258 g/mol. The van der Waals surface area contributed by atoms with Crippen molar-refractivity contribution in [3.63, 3.8) is 0 Å². The highest BCUT2D eigenvalue weighted by atomic mass is 16.1. The molecule has 19 heavy (non-hydrogen) atoms. The first-order valence-electron chi connectivity index (χ1n) is 5.69. The Morgan fingerprint density at radius 2 is 1.89 bits per heavy atom. The zero-order chi connectivity index (χ0) is 14.0. The summed E-state index contributed by atoms with van der Waals surface area (Å²) in [6.07, 6.45) is 1.41. The predicted molar refractivity (Wildman–Crippen MR) is 72.0 cm³/mol. The van der Waals surface area contributed by atoms with Crippen LogP contribution in [0.3, 0.4) is 0 Å². The quantitative estimate of drug-likeness (QED) is 0.815. The lowest BCUT2D eigenvalue weighted by Gasteiger charge is -2.05. The summed E-state index contributed by atoms with van der Waals surface area (Å²) in [7, 11) is 1.66. The summed E-state index contributed by atoms with van der Waals surface area (Å²) in [6.45, 7) is 1.49. The normalized spacial score (nSPS) is 10.2. The second kappa shape index (κ2) is 4.93. The molecule has 0 aliphatic heterocycles. The highest BCUT2D eigenvalue weighted by molar-refractivity contribution is 6.07. The zero-order valence-corrected chi connectivity index (χ0v) is 10.7. The molecule has 0 saturated carbocycles. The van der Waals surface area contributed by atoms with Crippen molar-refractivity contribution >= 4 is 23.2 Å². The van der Waals surface area contributed by atoms with Crippen LogP contribution in [0, 0.1) is 0 Å². The van der Waals surface area contributed by atoms with Gasteiger partial charge in [0.05, 0.1) is 6.20 Å². The standard InChI is InChI=1S/C13H14N4O2/c1-8(18)9-3-5-10(6-4-9)16-13(19)11-7-15-17(2)12(11)14/h3-7H,14H2,1-2H3,(H,16,19). The molecule has 3 N–H and O–H groups in total. The molecule has 0 aliphatic rings. The molecule has 6 heteroatoms. The molecule has 0 spiro atoms. The Bertz CT molecular complexity index is 629. The number of nitrogens with zero attached hydrogens (tertiary/aromatic N) is 2. The Morgan fingerprint density at radius 3 is 2.37 bits per heavy atom. The molecular weight excluding hydrogens is 244 g/mol. The van der Waals surface area contributed by atoms with Gasteiger partial charge in [-0.15, -0.1) is 0 Å². The molecule has 2 rings (SSSR count). The number of hydrogen-bond acceptors (Lipinski definition) is 4. The van der Waals surface area contributed by atoms with Gasteiger partial charge in [0.1, 0.15) is 11.4 Å². The van der Waals surface area contributed by atoms with Crippen molar-refractivity contribution in [1.29, 1.82) is 0 Å². The van der Waals surface area contributed by atoms with Gasteiger partial charge in [-0.3, -0.25) is 14.3 Å². The van der Waals surface area contributed by atoms with E-state index in [1.807, 2.05) is 0 Å². The van der Waals surface area contributed by atoms with Crippen LogP contribution in [0.1, 0.15) is 27.6 Å². The fourth-order valence-electron chi connectivity index (χ4n) is 1.61. The molecule has 0 saturated heterocycles. The van der Waals surface area contributed by atoms with Crippen molar-refractivity contribution in [2.45, 2.75) is 6.92 Å². The highest BCUT2D eigenvalue weighted by Gasteiger charge is 2.13. The summed E-state index contributed by atoms with van der Waals surface area (Å²) in [6, 6.07) is 6.65. The summed E-state index contributed by atoms with van der Waals surface area (Å²) in [4.78, 5) is 23.1. The molecule has 0 atom stereocenters. The van der Waals surface area contributed by atoms with Gasteiger partial charge in [-0.05, 0) is 31.2 Å². The minimum atomic E-state index is -0.332. The number of Topliss-reactive ketones (excluding diaryl/α,β-unsaturated/α-hetero) is 1. The number of ketones is 1. The Morgan fingerprint density at radius 1 is 1.26 bits per heavy atom. The molecular formula is C13H14N4O2. The van der Waals surface area contributed by atoms with Crippen molar-refractivity contribution < 1.29 is 9.59 Å². The van der Waals surface area contributed by atoms with Gasteiger partial charge in [-0.1, -0.05) is 0 Å². The lowest BCUT2D eigenvalue weighted by atomic mass is 10.1. The number of carbonyl (C=O) groups excluding carboxylic acids is 2. The third-order valence-electron chi connectivity index (χ3n) is 2.78. The summed E-state index contributed by atoms with van der Waals surface area (Å²) in [5.74, 6) is -0.0478. The highest BCUT2D eigenvalue weighted by Crippen LogP contribution is 2.14. The fraction of sp³-hybridized carbons (Fsp3) is 0.154. The number of nitrogens with one attached hydrogen (secondary N) is 1. The summed E-state index contributed by atoms with van der Waals surface area (Å²) in [5.41, 5.74) is 7.23. The van der Waals surface area contributed by atoms with Crippen molar-refractivity contribution in [1.82, 2.24) is 9.78 Å². The lowest BCUT2D eigenvalue weighted by molar-refractivity contribution is 0.101. The number of aryl methyl sites for hydroxylation is 1. The number of rotatable bonds is 3. The SMILES string of the molecule is CC(=O)c1ccc(NC(=O)c2cnn(C)c2N)cc1. The first-order chi connectivity index (χ1) is 8.99. The molecule has 0 aliphatic carbocycles. The smallest absolute Gasteiger partial charge is 0.261 e. The van der Waals surface area contributed by atoms with Crippen LogP contribution in [0.2, 0.25) is 0 Å². The van der Waals surface area contributed by atoms with Crippen LogP contribution in [0.4, 0.5) is 11.5 Å². The number of nitrogens with two attached hydrogens (primary N) is 1. The first kappa shape index (κ1) is 12.8. The Kier molecular flexibility index (Phi) is 3.33. The van der Waals surface area contributed by atoms with E-state index in [4.69, 9.17) is 5.73 Å². The maximum Gasteiger partial charge on any atom is 0.261 e. The van der Waals surface area contributed by atoms with Gasteiger partial charge in [0.15, 0.2) is 5.78 Å². The van der Waals surface area contributed by atoms with E-state index < -0.39 is 0 Å². The van der Waals surface area contributed by atoms with Gasteiger partial charge in [0.2, 0.25) is 0 Å². The largest absolute Gasteiger partial charge is 0.383 e. The first-order valence-corrected chi connectivity index (χ1v) is 5.69. The molecule has 0 bridgehead atoms. The van der Waals surface area contributed by atoms with E-state index in [1.165, 1.54) is 17.8 Å². The molecule has 0 radical (unpaired) electrons. The number of anilines is 2. The topological polar surface area (TPSA) is 90.0 Å². The molecule has 6 nitrogen and oxygen atoms in total.